The van der Waals surface area contributed by atoms with Gasteiger partial charge in [-0.15, -0.1) is 11.3 Å². The first-order valence-corrected chi connectivity index (χ1v) is 10.5. The number of nitrogens with one attached hydrogen (secondary N) is 1. The summed E-state index contributed by atoms with van der Waals surface area (Å²) in [4.78, 5) is 17.9. The van der Waals surface area contributed by atoms with Crippen LogP contribution in [0.15, 0.2) is 60.1 Å². The van der Waals surface area contributed by atoms with E-state index in [1.807, 2.05) is 54.7 Å². The van der Waals surface area contributed by atoms with Crippen molar-refractivity contribution in [1.82, 2.24) is 14.7 Å². The van der Waals surface area contributed by atoms with Gasteiger partial charge in [-0.2, -0.15) is 0 Å². The number of methoxy groups -OCH3 is 1. The second-order valence-corrected chi connectivity index (χ2v) is 7.91. The van der Waals surface area contributed by atoms with Crippen LogP contribution in [0.4, 0.5) is 0 Å². The molecule has 0 aliphatic carbocycles. The van der Waals surface area contributed by atoms with Gasteiger partial charge in [0.1, 0.15) is 5.75 Å². The summed E-state index contributed by atoms with van der Waals surface area (Å²) in [6.45, 7) is 0.502. The number of imidazole rings is 1. The van der Waals surface area contributed by atoms with E-state index in [-0.39, 0.29) is 5.91 Å². The maximum atomic E-state index is 12.2. The number of fused-ring (bicyclic) bond motifs is 1. The van der Waals surface area contributed by atoms with Gasteiger partial charge in [0, 0.05) is 40.8 Å². The van der Waals surface area contributed by atoms with E-state index in [4.69, 9.17) is 21.3 Å². The monoisotopic (exact) mass is 425 g/mol. The van der Waals surface area contributed by atoms with Crippen LogP contribution in [-0.4, -0.2) is 22.4 Å². The molecular weight excluding hydrogens is 406 g/mol. The van der Waals surface area contributed by atoms with Gasteiger partial charge in [0.25, 0.3) is 0 Å². The van der Waals surface area contributed by atoms with Gasteiger partial charge in [-0.3, -0.25) is 9.20 Å². The van der Waals surface area contributed by atoms with Gasteiger partial charge in [-0.25, -0.2) is 4.98 Å². The van der Waals surface area contributed by atoms with E-state index in [2.05, 4.69) is 15.1 Å². The largest absolute Gasteiger partial charge is 0.497 e. The minimum Gasteiger partial charge on any atom is -0.497 e. The number of halogens is 1. The lowest BCUT2D eigenvalue weighted by Crippen LogP contribution is -2.23. The van der Waals surface area contributed by atoms with Crippen LogP contribution in [-0.2, 0) is 17.8 Å². The molecule has 4 rings (SSSR count). The zero-order valence-electron chi connectivity index (χ0n) is 15.9. The standard InChI is InChI=1S/C22H20ClN3O2S/c1-28-19-9-4-16(5-10-19)20-13-26-18(14-29-22(26)25-20)8-11-21(27)24-12-15-2-6-17(23)7-3-15/h2-7,9-10,13-14H,8,11-12H2,1H3,(H,24,27). The molecule has 0 bridgehead atoms. The van der Waals surface area contributed by atoms with Crippen molar-refractivity contribution < 1.29 is 9.53 Å². The van der Waals surface area contributed by atoms with Gasteiger partial charge in [0.2, 0.25) is 5.91 Å². The molecule has 0 aliphatic rings. The number of ether oxygens (including phenoxy) is 1. The molecule has 0 unspecified atom stereocenters. The molecule has 0 fully saturated rings. The summed E-state index contributed by atoms with van der Waals surface area (Å²) in [5, 5.41) is 5.71. The van der Waals surface area contributed by atoms with Crippen molar-refractivity contribution in [3.8, 4) is 17.0 Å². The highest BCUT2D eigenvalue weighted by atomic mass is 35.5. The molecule has 2 aromatic carbocycles. The van der Waals surface area contributed by atoms with Crippen LogP contribution in [0, 0.1) is 0 Å². The first-order chi connectivity index (χ1) is 14.1. The van der Waals surface area contributed by atoms with Crippen molar-refractivity contribution in [2.75, 3.05) is 7.11 Å². The normalized spacial score (nSPS) is 11.0. The highest BCUT2D eigenvalue weighted by Gasteiger charge is 2.11. The van der Waals surface area contributed by atoms with Crippen LogP contribution in [0.25, 0.3) is 16.2 Å². The predicted molar refractivity (Wildman–Crippen MR) is 117 cm³/mol. The number of carbonyl (C=O) groups is 1. The average molecular weight is 426 g/mol. The van der Waals surface area contributed by atoms with Crippen LogP contribution in [0.3, 0.4) is 0 Å². The van der Waals surface area contributed by atoms with E-state index in [1.54, 1.807) is 18.4 Å². The van der Waals surface area contributed by atoms with E-state index < -0.39 is 0 Å². The van der Waals surface area contributed by atoms with E-state index in [1.165, 1.54) is 0 Å². The fraction of sp³-hybridized carbons (Fsp3) is 0.182. The third-order valence-electron chi connectivity index (χ3n) is 4.68. The number of hydrogen-bond donors (Lipinski definition) is 1. The lowest BCUT2D eigenvalue weighted by atomic mass is 10.1. The number of thiazole rings is 1. The number of hydrogen-bond acceptors (Lipinski definition) is 4. The number of amides is 1. The average Bonchev–Trinajstić information content (AvgIpc) is 3.33. The lowest BCUT2D eigenvalue weighted by Gasteiger charge is -2.05. The Labute approximate surface area is 177 Å². The maximum Gasteiger partial charge on any atom is 0.220 e. The summed E-state index contributed by atoms with van der Waals surface area (Å²) < 4.78 is 7.27. The number of aryl methyl sites for hydroxylation is 1. The summed E-state index contributed by atoms with van der Waals surface area (Å²) >= 11 is 7.47. The second kappa shape index (κ2) is 8.68. The third-order valence-corrected chi connectivity index (χ3v) is 5.82. The Hall–Kier alpha value is -2.83. The molecular formula is C22H20ClN3O2S. The van der Waals surface area contributed by atoms with E-state index in [9.17, 15) is 4.79 Å². The highest BCUT2D eigenvalue weighted by Crippen LogP contribution is 2.25. The summed E-state index contributed by atoms with van der Waals surface area (Å²) in [5.41, 5.74) is 4.06. The molecule has 5 nitrogen and oxygen atoms in total. The Morgan fingerprint density at radius 3 is 2.66 bits per heavy atom. The summed E-state index contributed by atoms with van der Waals surface area (Å²) in [7, 11) is 1.65. The number of benzene rings is 2. The van der Waals surface area contributed by atoms with Gasteiger partial charge >= 0.3 is 0 Å². The molecule has 0 atom stereocenters. The van der Waals surface area contributed by atoms with E-state index >= 15 is 0 Å². The van der Waals surface area contributed by atoms with Crippen LogP contribution < -0.4 is 10.1 Å². The van der Waals surface area contributed by atoms with E-state index in [0.29, 0.717) is 24.4 Å². The van der Waals surface area contributed by atoms with Gasteiger partial charge in [0.15, 0.2) is 4.96 Å². The highest BCUT2D eigenvalue weighted by molar-refractivity contribution is 7.15. The fourth-order valence-corrected chi connectivity index (χ4v) is 4.08. The molecule has 1 amide bonds. The molecule has 7 heteroatoms. The molecule has 0 spiro atoms. The molecule has 2 aromatic heterocycles. The first-order valence-electron chi connectivity index (χ1n) is 9.23. The second-order valence-electron chi connectivity index (χ2n) is 6.64. The Kier molecular flexibility index (Phi) is 5.83. The summed E-state index contributed by atoms with van der Waals surface area (Å²) in [5.74, 6) is 0.842. The van der Waals surface area contributed by atoms with Crippen LogP contribution in [0.1, 0.15) is 17.7 Å². The number of nitrogens with zero attached hydrogens (tertiary/aromatic N) is 2. The van der Waals surface area contributed by atoms with Crippen LogP contribution >= 0.6 is 22.9 Å². The number of rotatable bonds is 7. The van der Waals surface area contributed by atoms with Crippen molar-refractivity contribution in [3.05, 3.63) is 76.4 Å². The maximum absolute atomic E-state index is 12.2. The molecule has 0 radical (unpaired) electrons. The molecule has 0 saturated heterocycles. The predicted octanol–water partition coefficient (Wildman–Crippen LogP) is 4.97. The molecule has 148 valence electrons. The van der Waals surface area contributed by atoms with Gasteiger partial charge in [0.05, 0.1) is 12.8 Å². The third kappa shape index (κ3) is 4.60. The van der Waals surface area contributed by atoms with Gasteiger partial charge in [-0.05, 0) is 48.4 Å². The Balaban J connectivity index is 1.38. The van der Waals surface area contributed by atoms with Crippen molar-refractivity contribution in [2.24, 2.45) is 0 Å². The lowest BCUT2D eigenvalue weighted by molar-refractivity contribution is -0.121. The van der Waals surface area contributed by atoms with E-state index in [0.717, 1.165) is 33.2 Å². The fourth-order valence-electron chi connectivity index (χ4n) is 3.04. The van der Waals surface area contributed by atoms with Crippen LogP contribution in [0.2, 0.25) is 5.02 Å². The Morgan fingerprint density at radius 1 is 1.17 bits per heavy atom. The minimum atomic E-state index is 0.0230. The molecule has 4 aromatic rings. The Morgan fingerprint density at radius 2 is 1.93 bits per heavy atom. The quantitative estimate of drug-likeness (QED) is 0.454. The smallest absolute Gasteiger partial charge is 0.220 e. The van der Waals surface area contributed by atoms with Crippen molar-refractivity contribution >= 4 is 33.8 Å². The van der Waals surface area contributed by atoms with Crippen LogP contribution in [0.5, 0.6) is 5.75 Å². The molecule has 0 saturated carbocycles. The molecule has 1 N–H and O–H groups in total. The molecule has 2 heterocycles. The number of aromatic nitrogens is 2. The zero-order valence-corrected chi connectivity index (χ0v) is 17.5. The SMILES string of the molecule is COc1ccc(-c2cn3c(CCC(=O)NCc4ccc(Cl)cc4)csc3n2)cc1. The Bertz CT molecular complexity index is 1120. The van der Waals surface area contributed by atoms with Crippen molar-refractivity contribution in [1.29, 1.82) is 0 Å². The first kappa shape index (κ1) is 19.5. The summed E-state index contributed by atoms with van der Waals surface area (Å²) in [6.07, 6.45) is 3.11. The summed E-state index contributed by atoms with van der Waals surface area (Å²) in [6, 6.07) is 15.3. The van der Waals surface area contributed by atoms with Gasteiger partial charge in [-0.1, -0.05) is 23.7 Å². The topological polar surface area (TPSA) is 55.6 Å². The number of carbonyl (C=O) groups excluding carboxylic acids is 1. The molecule has 29 heavy (non-hydrogen) atoms. The van der Waals surface area contributed by atoms with Crippen molar-refractivity contribution in [3.63, 3.8) is 0 Å². The van der Waals surface area contributed by atoms with Gasteiger partial charge < -0.3 is 10.1 Å². The minimum absolute atomic E-state index is 0.0230. The zero-order chi connectivity index (χ0) is 20.2. The van der Waals surface area contributed by atoms with Crippen molar-refractivity contribution in [2.45, 2.75) is 19.4 Å². The molecule has 0 aliphatic heterocycles.